The molecule has 0 aromatic carbocycles. The molecule has 2 heterocycles. The normalized spacial score (nSPS) is 11.2. The average Bonchev–Trinajstić information content (AvgIpc) is 2.83. The van der Waals surface area contributed by atoms with E-state index in [-0.39, 0.29) is 0 Å². The van der Waals surface area contributed by atoms with E-state index in [1.165, 1.54) is 0 Å². The zero-order valence-corrected chi connectivity index (χ0v) is 12.5. The summed E-state index contributed by atoms with van der Waals surface area (Å²) < 4.78 is 0. The molecular formula is C14H20N4S. The summed E-state index contributed by atoms with van der Waals surface area (Å²) in [6, 6.07) is 2.64. The van der Waals surface area contributed by atoms with Gasteiger partial charge in [-0.05, 0) is 31.5 Å². The fourth-order valence-corrected chi connectivity index (χ4v) is 2.64. The third-order valence-corrected chi connectivity index (χ3v) is 3.74. The van der Waals surface area contributed by atoms with Crippen LogP contribution in [0.1, 0.15) is 30.8 Å². The van der Waals surface area contributed by atoms with Crippen molar-refractivity contribution < 1.29 is 0 Å². The molecule has 0 bridgehead atoms. The number of rotatable bonds is 6. The van der Waals surface area contributed by atoms with Crippen molar-refractivity contribution in [3.05, 3.63) is 29.0 Å². The molecule has 0 atom stereocenters. The Kier molecular flexibility index (Phi) is 4.99. The summed E-state index contributed by atoms with van der Waals surface area (Å²) in [6.07, 6.45) is 5.77. The first kappa shape index (κ1) is 14.1. The van der Waals surface area contributed by atoms with Crippen LogP contribution in [-0.4, -0.2) is 27.8 Å². The van der Waals surface area contributed by atoms with Crippen molar-refractivity contribution in [2.75, 3.05) is 6.54 Å². The maximum absolute atomic E-state index is 4.25. The molecule has 19 heavy (non-hydrogen) atoms. The molecule has 2 aromatic heterocycles. The van der Waals surface area contributed by atoms with Gasteiger partial charge in [-0.15, -0.1) is 10.2 Å². The SMILES string of the molecule is Cc1cncc(-c2nnc(CCCNC(C)C)s2)c1. The van der Waals surface area contributed by atoms with Gasteiger partial charge < -0.3 is 5.32 Å². The van der Waals surface area contributed by atoms with Crippen LogP contribution in [0.15, 0.2) is 18.5 Å². The molecule has 2 aromatic rings. The number of nitrogens with one attached hydrogen (secondary N) is 1. The van der Waals surface area contributed by atoms with Crippen LogP contribution in [0.4, 0.5) is 0 Å². The number of hydrogen-bond acceptors (Lipinski definition) is 5. The van der Waals surface area contributed by atoms with E-state index in [0.29, 0.717) is 6.04 Å². The Morgan fingerprint density at radius 1 is 1.26 bits per heavy atom. The van der Waals surface area contributed by atoms with E-state index in [2.05, 4.69) is 40.4 Å². The molecule has 2 rings (SSSR count). The van der Waals surface area contributed by atoms with Crippen molar-refractivity contribution in [2.45, 2.75) is 39.7 Å². The van der Waals surface area contributed by atoms with E-state index < -0.39 is 0 Å². The van der Waals surface area contributed by atoms with Gasteiger partial charge in [0.15, 0.2) is 0 Å². The molecular weight excluding hydrogens is 256 g/mol. The van der Waals surface area contributed by atoms with E-state index in [4.69, 9.17) is 0 Å². The van der Waals surface area contributed by atoms with Gasteiger partial charge in [0.2, 0.25) is 0 Å². The van der Waals surface area contributed by atoms with Crippen LogP contribution < -0.4 is 5.32 Å². The van der Waals surface area contributed by atoms with E-state index in [0.717, 1.165) is 40.5 Å². The van der Waals surface area contributed by atoms with Crippen LogP contribution >= 0.6 is 11.3 Å². The third-order valence-electron chi connectivity index (χ3n) is 2.71. The lowest BCUT2D eigenvalue weighted by Crippen LogP contribution is -2.23. The molecule has 5 heteroatoms. The first-order valence-electron chi connectivity index (χ1n) is 6.63. The Balaban J connectivity index is 1.92. The lowest BCUT2D eigenvalue weighted by atomic mass is 10.2. The van der Waals surface area contributed by atoms with Crippen molar-refractivity contribution in [2.24, 2.45) is 0 Å². The first-order valence-corrected chi connectivity index (χ1v) is 7.44. The standard InChI is InChI=1S/C14H20N4S/c1-10(2)16-6-4-5-13-17-18-14(19-13)12-7-11(3)8-15-9-12/h7-10,16H,4-6H2,1-3H3. The molecule has 0 amide bonds. The third kappa shape index (κ3) is 4.36. The minimum atomic E-state index is 0.545. The monoisotopic (exact) mass is 276 g/mol. The van der Waals surface area contributed by atoms with E-state index in [1.807, 2.05) is 19.3 Å². The second-order valence-corrected chi connectivity index (χ2v) is 6.03. The first-order chi connectivity index (χ1) is 9.15. The lowest BCUT2D eigenvalue weighted by Gasteiger charge is -2.05. The van der Waals surface area contributed by atoms with Gasteiger partial charge in [0.05, 0.1) is 0 Å². The van der Waals surface area contributed by atoms with Gasteiger partial charge >= 0.3 is 0 Å². The second kappa shape index (κ2) is 6.73. The van der Waals surface area contributed by atoms with Crippen molar-refractivity contribution in [1.29, 1.82) is 0 Å². The highest BCUT2D eigenvalue weighted by molar-refractivity contribution is 7.14. The highest BCUT2D eigenvalue weighted by Crippen LogP contribution is 2.23. The summed E-state index contributed by atoms with van der Waals surface area (Å²) >= 11 is 1.66. The summed E-state index contributed by atoms with van der Waals surface area (Å²) in [5, 5.41) is 14.0. The van der Waals surface area contributed by atoms with Crippen LogP contribution in [0.5, 0.6) is 0 Å². The zero-order valence-electron chi connectivity index (χ0n) is 11.7. The fourth-order valence-electron chi connectivity index (χ4n) is 1.77. The second-order valence-electron chi connectivity index (χ2n) is 4.96. The van der Waals surface area contributed by atoms with Crippen molar-refractivity contribution in [3.63, 3.8) is 0 Å². The molecule has 0 saturated heterocycles. The Labute approximate surface area is 118 Å². The molecule has 0 aliphatic heterocycles. The lowest BCUT2D eigenvalue weighted by molar-refractivity contribution is 0.569. The highest BCUT2D eigenvalue weighted by atomic mass is 32.1. The zero-order chi connectivity index (χ0) is 13.7. The predicted octanol–water partition coefficient (Wildman–Crippen LogP) is 2.84. The van der Waals surface area contributed by atoms with E-state index in [9.17, 15) is 0 Å². The quantitative estimate of drug-likeness (QED) is 0.824. The Morgan fingerprint density at radius 2 is 2.11 bits per heavy atom. The van der Waals surface area contributed by atoms with Crippen LogP contribution in [0.2, 0.25) is 0 Å². The maximum Gasteiger partial charge on any atom is 0.149 e. The van der Waals surface area contributed by atoms with Crippen LogP contribution in [0.3, 0.4) is 0 Å². The minimum absolute atomic E-state index is 0.545. The molecule has 0 saturated carbocycles. The number of aromatic nitrogens is 3. The van der Waals surface area contributed by atoms with Crippen LogP contribution in [0.25, 0.3) is 10.6 Å². The van der Waals surface area contributed by atoms with Gasteiger partial charge in [-0.1, -0.05) is 25.2 Å². The van der Waals surface area contributed by atoms with Gasteiger partial charge in [0, 0.05) is 30.4 Å². The Bertz CT molecular complexity index is 522. The smallest absolute Gasteiger partial charge is 0.149 e. The van der Waals surface area contributed by atoms with Gasteiger partial charge in [0.25, 0.3) is 0 Å². The van der Waals surface area contributed by atoms with Gasteiger partial charge in [-0.25, -0.2) is 0 Å². The highest BCUT2D eigenvalue weighted by Gasteiger charge is 2.07. The number of pyridine rings is 1. The van der Waals surface area contributed by atoms with E-state index in [1.54, 1.807) is 11.3 Å². The fraction of sp³-hybridized carbons (Fsp3) is 0.500. The van der Waals surface area contributed by atoms with E-state index >= 15 is 0 Å². The molecule has 4 nitrogen and oxygen atoms in total. The minimum Gasteiger partial charge on any atom is -0.315 e. The summed E-state index contributed by atoms with van der Waals surface area (Å²) in [5.74, 6) is 0. The molecule has 0 radical (unpaired) electrons. The van der Waals surface area contributed by atoms with Crippen LogP contribution in [0, 0.1) is 6.92 Å². The van der Waals surface area contributed by atoms with Crippen molar-refractivity contribution in [1.82, 2.24) is 20.5 Å². The molecule has 0 aliphatic rings. The van der Waals surface area contributed by atoms with Gasteiger partial charge in [-0.2, -0.15) is 0 Å². The topological polar surface area (TPSA) is 50.7 Å². The molecule has 0 fully saturated rings. The number of aryl methyl sites for hydroxylation is 2. The Hall–Kier alpha value is -1.33. The van der Waals surface area contributed by atoms with Gasteiger partial charge in [-0.3, -0.25) is 4.98 Å². The molecule has 0 aliphatic carbocycles. The summed E-state index contributed by atoms with van der Waals surface area (Å²) in [5.41, 5.74) is 2.21. The maximum atomic E-state index is 4.25. The van der Waals surface area contributed by atoms with Crippen molar-refractivity contribution in [3.8, 4) is 10.6 Å². The van der Waals surface area contributed by atoms with Gasteiger partial charge in [0.1, 0.15) is 10.0 Å². The molecule has 102 valence electrons. The average molecular weight is 276 g/mol. The predicted molar refractivity (Wildman–Crippen MR) is 79.3 cm³/mol. The largest absolute Gasteiger partial charge is 0.315 e. The number of nitrogens with zero attached hydrogens (tertiary/aromatic N) is 3. The number of hydrogen-bond donors (Lipinski definition) is 1. The Morgan fingerprint density at radius 3 is 2.84 bits per heavy atom. The summed E-state index contributed by atoms with van der Waals surface area (Å²) in [7, 11) is 0. The summed E-state index contributed by atoms with van der Waals surface area (Å²) in [6.45, 7) is 7.39. The van der Waals surface area contributed by atoms with Crippen LogP contribution in [-0.2, 0) is 6.42 Å². The molecule has 1 N–H and O–H groups in total. The molecule has 0 unspecified atom stereocenters. The summed E-state index contributed by atoms with van der Waals surface area (Å²) in [4.78, 5) is 4.19. The molecule has 0 spiro atoms. The van der Waals surface area contributed by atoms with Crippen molar-refractivity contribution >= 4 is 11.3 Å².